The summed E-state index contributed by atoms with van der Waals surface area (Å²) in [7, 11) is 0. The number of para-hydroxylation sites is 1. The lowest BCUT2D eigenvalue weighted by molar-refractivity contribution is 0.230. The molecular weight excluding hydrogens is 212 g/mol. The zero-order valence-electron chi connectivity index (χ0n) is 9.69. The molecule has 1 heterocycles. The molecule has 17 heavy (non-hydrogen) atoms. The van der Waals surface area contributed by atoms with E-state index in [1.807, 2.05) is 12.3 Å². The Bertz CT molecular complexity index is 529. The van der Waals surface area contributed by atoms with Gasteiger partial charge in [0.1, 0.15) is 0 Å². The Labute approximate surface area is 100 Å². The van der Waals surface area contributed by atoms with E-state index in [9.17, 15) is 5.11 Å². The van der Waals surface area contributed by atoms with Crippen LogP contribution in [0.3, 0.4) is 0 Å². The molecular formula is C14H16N2O. The Morgan fingerprint density at radius 3 is 2.82 bits per heavy atom. The molecule has 0 amide bonds. The van der Waals surface area contributed by atoms with Crippen LogP contribution in [0.1, 0.15) is 18.4 Å². The Morgan fingerprint density at radius 2 is 2.06 bits per heavy atom. The van der Waals surface area contributed by atoms with Gasteiger partial charge in [0.15, 0.2) is 0 Å². The molecule has 1 aromatic carbocycles. The standard InChI is InChI=1S/C14H16N2O/c17-10-14(6-7-14)16-9-12-4-1-3-11-5-2-8-15-13(11)12/h1-5,8,16-17H,6-7,9-10H2. The summed E-state index contributed by atoms with van der Waals surface area (Å²) in [6.45, 7) is 1.00. The minimum atomic E-state index is -0.0169. The average Bonchev–Trinajstić information content (AvgIpc) is 3.17. The Morgan fingerprint density at radius 1 is 1.24 bits per heavy atom. The normalized spacial score (nSPS) is 17.2. The van der Waals surface area contributed by atoms with Crippen LogP contribution in [0.4, 0.5) is 0 Å². The van der Waals surface area contributed by atoms with E-state index < -0.39 is 0 Å². The number of hydrogen-bond acceptors (Lipinski definition) is 3. The highest BCUT2D eigenvalue weighted by Gasteiger charge is 2.41. The van der Waals surface area contributed by atoms with E-state index in [0.717, 1.165) is 24.9 Å². The van der Waals surface area contributed by atoms with Gasteiger partial charge in [-0.3, -0.25) is 4.98 Å². The van der Waals surface area contributed by atoms with Gasteiger partial charge in [0.05, 0.1) is 12.1 Å². The van der Waals surface area contributed by atoms with Crippen molar-refractivity contribution in [3.05, 3.63) is 42.1 Å². The number of fused-ring (bicyclic) bond motifs is 1. The Kier molecular flexibility index (Phi) is 2.57. The first-order valence-electron chi connectivity index (χ1n) is 6.02. The maximum atomic E-state index is 9.27. The molecule has 1 aromatic heterocycles. The number of aromatic nitrogens is 1. The molecule has 0 bridgehead atoms. The number of aliphatic hydroxyl groups is 1. The predicted molar refractivity (Wildman–Crippen MR) is 67.6 cm³/mol. The predicted octanol–water partition coefficient (Wildman–Crippen LogP) is 1.85. The van der Waals surface area contributed by atoms with E-state index in [4.69, 9.17) is 0 Å². The van der Waals surface area contributed by atoms with Gasteiger partial charge in [0.25, 0.3) is 0 Å². The van der Waals surface area contributed by atoms with Gasteiger partial charge >= 0.3 is 0 Å². The van der Waals surface area contributed by atoms with E-state index in [1.165, 1.54) is 10.9 Å². The largest absolute Gasteiger partial charge is 0.394 e. The minimum Gasteiger partial charge on any atom is -0.394 e. The quantitative estimate of drug-likeness (QED) is 0.839. The summed E-state index contributed by atoms with van der Waals surface area (Å²) in [4.78, 5) is 4.43. The van der Waals surface area contributed by atoms with Gasteiger partial charge in [0.2, 0.25) is 0 Å². The fraction of sp³-hybridized carbons (Fsp3) is 0.357. The molecule has 1 aliphatic rings. The SMILES string of the molecule is OCC1(NCc2cccc3cccnc23)CC1. The number of benzene rings is 1. The molecule has 0 aliphatic heterocycles. The molecule has 0 radical (unpaired) electrons. The number of nitrogens with one attached hydrogen (secondary N) is 1. The third kappa shape index (κ3) is 2.04. The summed E-state index contributed by atoms with van der Waals surface area (Å²) in [5, 5.41) is 13.9. The first-order chi connectivity index (χ1) is 8.33. The third-order valence-corrected chi connectivity index (χ3v) is 3.53. The van der Waals surface area contributed by atoms with Gasteiger partial charge in [-0.1, -0.05) is 24.3 Å². The summed E-state index contributed by atoms with van der Waals surface area (Å²) >= 11 is 0. The van der Waals surface area contributed by atoms with Crippen molar-refractivity contribution in [1.82, 2.24) is 10.3 Å². The molecule has 0 saturated heterocycles. The number of nitrogens with zero attached hydrogens (tertiary/aromatic N) is 1. The van der Waals surface area contributed by atoms with Crippen molar-refractivity contribution in [3.8, 4) is 0 Å². The van der Waals surface area contributed by atoms with E-state index in [-0.39, 0.29) is 12.1 Å². The van der Waals surface area contributed by atoms with Gasteiger partial charge in [-0.25, -0.2) is 0 Å². The minimum absolute atomic E-state index is 0.0169. The fourth-order valence-corrected chi connectivity index (χ4v) is 2.13. The zero-order chi connectivity index (χ0) is 11.7. The van der Waals surface area contributed by atoms with Crippen LogP contribution < -0.4 is 5.32 Å². The summed E-state index contributed by atoms with van der Waals surface area (Å²) in [6, 6.07) is 10.3. The lowest BCUT2D eigenvalue weighted by Crippen LogP contribution is -2.34. The monoisotopic (exact) mass is 228 g/mol. The second-order valence-electron chi connectivity index (χ2n) is 4.78. The van der Waals surface area contributed by atoms with Crippen LogP contribution in [0.5, 0.6) is 0 Å². The average molecular weight is 228 g/mol. The summed E-state index contributed by atoms with van der Waals surface area (Å²) < 4.78 is 0. The van der Waals surface area contributed by atoms with Crippen LogP contribution in [-0.2, 0) is 6.54 Å². The van der Waals surface area contributed by atoms with E-state index >= 15 is 0 Å². The smallest absolute Gasteiger partial charge is 0.0746 e. The van der Waals surface area contributed by atoms with Gasteiger partial charge in [-0.15, -0.1) is 0 Å². The first-order valence-corrected chi connectivity index (χ1v) is 6.02. The highest BCUT2D eigenvalue weighted by atomic mass is 16.3. The van der Waals surface area contributed by atoms with Gasteiger partial charge < -0.3 is 10.4 Å². The molecule has 1 saturated carbocycles. The maximum Gasteiger partial charge on any atom is 0.0746 e. The molecule has 1 fully saturated rings. The topological polar surface area (TPSA) is 45.1 Å². The Hall–Kier alpha value is -1.45. The van der Waals surface area contributed by atoms with Crippen molar-refractivity contribution < 1.29 is 5.11 Å². The number of pyridine rings is 1. The summed E-state index contributed by atoms with van der Waals surface area (Å²) in [6.07, 6.45) is 3.97. The highest BCUT2D eigenvalue weighted by Crippen LogP contribution is 2.35. The fourth-order valence-electron chi connectivity index (χ4n) is 2.13. The van der Waals surface area contributed by atoms with Gasteiger partial charge in [0, 0.05) is 23.7 Å². The van der Waals surface area contributed by atoms with Gasteiger partial charge in [-0.05, 0) is 24.5 Å². The first kappa shape index (κ1) is 10.7. The van der Waals surface area contributed by atoms with E-state index in [1.54, 1.807) is 0 Å². The lowest BCUT2D eigenvalue weighted by atomic mass is 10.1. The van der Waals surface area contributed by atoms with Crippen LogP contribution in [0, 0.1) is 0 Å². The third-order valence-electron chi connectivity index (χ3n) is 3.53. The summed E-state index contributed by atoms with van der Waals surface area (Å²) in [5.74, 6) is 0. The molecule has 2 N–H and O–H groups in total. The second kappa shape index (κ2) is 4.09. The number of hydrogen-bond donors (Lipinski definition) is 2. The van der Waals surface area contributed by atoms with E-state index in [0.29, 0.717) is 0 Å². The van der Waals surface area contributed by atoms with Crippen molar-refractivity contribution in [3.63, 3.8) is 0 Å². The van der Waals surface area contributed by atoms with E-state index in [2.05, 4.69) is 34.6 Å². The van der Waals surface area contributed by atoms with Crippen LogP contribution in [-0.4, -0.2) is 22.2 Å². The van der Waals surface area contributed by atoms with Crippen molar-refractivity contribution in [2.45, 2.75) is 24.9 Å². The molecule has 3 heteroatoms. The molecule has 88 valence electrons. The van der Waals surface area contributed by atoms with Crippen molar-refractivity contribution >= 4 is 10.9 Å². The highest BCUT2D eigenvalue weighted by molar-refractivity contribution is 5.81. The zero-order valence-corrected chi connectivity index (χ0v) is 9.69. The molecule has 3 nitrogen and oxygen atoms in total. The van der Waals surface area contributed by atoms with Crippen LogP contribution in [0.15, 0.2) is 36.5 Å². The number of aliphatic hydroxyl groups excluding tert-OH is 1. The van der Waals surface area contributed by atoms with Crippen molar-refractivity contribution in [2.24, 2.45) is 0 Å². The summed E-state index contributed by atoms with van der Waals surface area (Å²) in [5.41, 5.74) is 2.23. The van der Waals surface area contributed by atoms with Crippen LogP contribution in [0.25, 0.3) is 10.9 Å². The molecule has 0 spiro atoms. The molecule has 0 atom stereocenters. The lowest BCUT2D eigenvalue weighted by Gasteiger charge is -2.14. The Balaban J connectivity index is 1.85. The second-order valence-corrected chi connectivity index (χ2v) is 4.78. The molecule has 0 unspecified atom stereocenters. The molecule has 1 aliphatic carbocycles. The number of rotatable bonds is 4. The van der Waals surface area contributed by atoms with Crippen molar-refractivity contribution in [2.75, 3.05) is 6.61 Å². The van der Waals surface area contributed by atoms with Crippen molar-refractivity contribution in [1.29, 1.82) is 0 Å². The molecule has 2 aromatic rings. The molecule has 3 rings (SSSR count). The van der Waals surface area contributed by atoms with Gasteiger partial charge in [-0.2, -0.15) is 0 Å². The van der Waals surface area contributed by atoms with Crippen LogP contribution >= 0.6 is 0 Å². The maximum absolute atomic E-state index is 9.27. The van der Waals surface area contributed by atoms with Crippen LogP contribution in [0.2, 0.25) is 0 Å².